The van der Waals surface area contributed by atoms with Gasteiger partial charge in [0.15, 0.2) is 0 Å². The predicted octanol–water partition coefficient (Wildman–Crippen LogP) is 2.76. The van der Waals surface area contributed by atoms with Gasteiger partial charge in [-0.2, -0.15) is 0 Å². The highest BCUT2D eigenvalue weighted by molar-refractivity contribution is 9.10. The average molecular weight is 342 g/mol. The molecule has 0 saturated heterocycles. The van der Waals surface area contributed by atoms with Crippen molar-refractivity contribution in [3.63, 3.8) is 0 Å². The zero-order valence-electron chi connectivity index (χ0n) is 12.4. The molecule has 5 heteroatoms. The van der Waals surface area contributed by atoms with Crippen LogP contribution in [0.15, 0.2) is 28.7 Å². The minimum Gasteiger partial charge on any atom is -0.376 e. The van der Waals surface area contributed by atoms with Crippen LogP contribution < -0.4 is 16.0 Å². The van der Waals surface area contributed by atoms with Gasteiger partial charge in [0.2, 0.25) is 5.91 Å². The number of amides is 1. The molecule has 1 rings (SSSR count). The molecule has 20 heavy (non-hydrogen) atoms. The van der Waals surface area contributed by atoms with Crippen LogP contribution in [0.3, 0.4) is 0 Å². The first-order valence-corrected chi connectivity index (χ1v) is 7.67. The van der Waals surface area contributed by atoms with Gasteiger partial charge in [-0.1, -0.05) is 15.9 Å². The summed E-state index contributed by atoms with van der Waals surface area (Å²) < 4.78 is 1.03. The van der Waals surface area contributed by atoms with Crippen molar-refractivity contribution in [2.45, 2.75) is 32.7 Å². The number of carbonyl (C=O) groups excluding carboxylic acids is 1. The summed E-state index contributed by atoms with van der Waals surface area (Å²) in [5.41, 5.74) is 1.07. The Kier molecular flexibility index (Phi) is 7.02. The lowest BCUT2D eigenvalue weighted by Gasteiger charge is -2.20. The SMILES string of the molecule is CC(C)(C)NCCCNC(=O)CNc1ccc(Br)cc1. The van der Waals surface area contributed by atoms with E-state index in [-0.39, 0.29) is 11.4 Å². The van der Waals surface area contributed by atoms with Gasteiger partial charge >= 0.3 is 0 Å². The van der Waals surface area contributed by atoms with Gasteiger partial charge in [0.05, 0.1) is 6.54 Å². The Labute approximate surface area is 129 Å². The Morgan fingerprint density at radius 2 is 1.80 bits per heavy atom. The second kappa shape index (κ2) is 8.27. The fourth-order valence-electron chi connectivity index (χ4n) is 1.59. The number of halogens is 1. The smallest absolute Gasteiger partial charge is 0.239 e. The molecule has 0 aliphatic heterocycles. The standard InChI is InChI=1S/C15H24BrN3O/c1-15(2,3)19-10-4-9-17-14(20)11-18-13-7-5-12(16)6-8-13/h5-8,18-19H,4,9-11H2,1-3H3,(H,17,20). The maximum atomic E-state index is 11.6. The molecule has 0 aromatic heterocycles. The number of carbonyl (C=O) groups is 1. The number of hydrogen-bond donors (Lipinski definition) is 3. The molecule has 4 nitrogen and oxygen atoms in total. The molecule has 0 aliphatic rings. The number of anilines is 1. The molecule has 0 bridgehead atoms. The lowest BCUT2D eigenvalue weighted by Crippen LogP contribution is -2.38. The third kappa shape index (κ3) is 8.17. The van der Waals surface area contributed by atoms with Crippen LogP contribution in [0, 0.1) is 0 Å². The van der Waals surface area contributed by atoms with E-state index in [0.29, 0.717) is 13.1 Å². The third-order valence-corrected chi connectivity index (χ3v) is 3.16. The quantitative estimate of drug-likeness (QED) is 0.668. The van der Waals surface area contributed by atoms with E-state index in [0.717, 1.165) is 23.1 Å². The van der Waals surface area contributed by atoms with Crippen molar-refractivity contribution in [2.24, 2.45) is 0 Å². The molecule has 0 fully saturated rings. The number of nitrogens with one attached hydrogen (secondary N) is 3. The Bertz CT molecular complexity index is 412. The summed E-state index contributed by atoms with van der Waals surface area (Å²) in [6, 6.07) is 7.76. The summed E-state index contributed by atoms with van der Waals surface area (Å²) in [4.78, 5) is 11.6. The average Bonchev–Trinajstić information content (AvgIpc) is 2.36. The van der Waals surface area contributed by atoms with Crippen LogP contribution in [0.2, 0.25) is 0 Å². The second-order valence-corrected chi connectivity index (χ2v) is 6.66. The molecule has 0 radical (unpaired) electrons. The van der Waals surface area contributed by atoms with Crippen molar-refractivity contribution < 1.29 is 4.79 Å². The molecule has 1 aromatic carbocycles. The lowest BCUT2D eigenvalue weighted by atomic mass is 10.1. The Hall–Kier alpha value is -1.07. The molecule has 0 saturated carbocycles. The Morgan fingerprint density at radius 1 is 1.15 bits per heavy atom. The molecule has 0 atom stereocenters. The molecule has 0 aliphatic carbocycles. The minimum atomic E-state index is 0.0173. The zero-order valence-corrected chi connectivity index (χ0v) is 14.0. The van der Waals surface area contributed by atoms with Gasteiger partial charge in [0, 0.05) is 22.2 Å². The first-order chi connectivity index (χ1) is 9.37. The number of rotatable bonds is 7. The molecule has 0 heterocycles. The van der Waals surface area contributed by atoms with Crippen LogP contribution in [0.4, 0.5) is 5.69 Å². The van der Waals surface area contributed by atoms with Gasteiger partial charge in [-0.15, -0.1) is 0 Å². The molecule has 1 aromatic rings. The van der Waals surface area contributed by atoms with E-state index in [1.165, 1.54) is 0 Å². The van der Waals surface area contributed by atoms with Crippen LogP contribution >= 0.6 is 15.9 Å². The summed E-state index contributed by atoms with van der Waals surface area (Å²) in [7, 11) is 0. The van der Waals surface area contributed by atoms with Crippen molar-refractivity contribution in [1.82, 2.24) is 10.6 Å². The van der Waals surface area contributed by atoms with E-state index >= 15 is 0 Å². The highest BCUT2D eigenvalue weighted by Crippen LogP contribution is 2.13. The van der Waals surface area contributed by atoms with Gasteiger partial charge in [-0.05, 0) is 58.0 Å². The monoisotopic (exact) mass is 341 g/mol. The summed E-state index contributed by atoms with van der Waals surface area (Å²) >= 11 is 3.38. The van der Waals surface area contributed by atoms with Gasteiger partial charge < -0.3 is 16.0 Å². The number of hydrogen-bond acceptors (Lipinski definition) is 3. The summed E-state index contributed by atoms with van der Waals surface area (Å²) in [5, 5.41) is 9.38. The van der Waals surface area contributed by atoms with Crippen molar-refractivity contribution in [1.29, 1.82) is 0 Å². The van der Waals surface area contributed by atoms with E-state index in [9.17, 15) is 4.79 Å². The van der Waals surface area contributed by atoms with E-state index in [2.05, 4.69) is 52.7 Å². The molecular formula is C15H24BrN3O. The topological polar surface area (TPSA) is 53.2 Å². The molecule has 0 unspecified atom stereocenters. The fraction of sp³-hybridized carbons (Fsp3) is 0.533. The third-order valence-electron chi connectivity index (χ3n) is 2.63. The van der Waals surface area contributed by atoms with Crippen molar-refractivity contribution in [3.8, 4) is 0 Å². The second-order valence-electron chi connectivity index (χ2n) is 5.74. The maximum Gasteiger partial charge on any atom is 0.239 e. The molecule has 1 amide bonds. The Balaban J connectivity index is 2.10. The summed E-state index contributed by atoms with van der Waals surface area (Å²) in [6.45, 7) is 8.30. The van der Waals surface area contributed by atoms with Gasteiger partial charge in [-0.25, -0.2) is 0 Å². The summed E-state index contributed by atoms with van der Waals surface area (Å²) in [6.07, 6.45) is 0.932. The van der Waals surface area contributed by atoms with Crippen LogP contribution in [0.25, 0.3) is 0 Å². The normalized spacial score (nSPS) is 11.2. The zero-order chi connectivity index (χ0) is 15.0. The van der Waals surface area contributed by atoms with Gasteiger partial charge in [-0.3, -0.25) is 4.79 Å². The maximum absolute atomic E-state index is 11.6. The first-order valence-electron chi connectivity index (χ1n) is 6.88. The number of benzene rings is 1. The van der Waals surface area contributed by atoms with E-state index in [1.807, 2.05) is 24.3 Å². The highest BCUT2D eigenvalue weighted by atomic mass is 79.9. The van der Waals surface area contributed by atoms with Gasteiger partial charge in [0.25, 0.3) is 0 Å². The molecular weight excluding hydrogens is 318 g/mol. The molecule has 0 spiro atoms. The van der Waals surface area contributed by atoms with Crippen LogP contribution in [-0.2, 0) is 4.79 Å². The van der Waals surface area contributed by atoms with Crippen molar-refractivity contribution in [3.05, 3.63) is 28.7 Å². The van der Waals surface area contributed by atoms with Gasteiger partial charge in [0.1, 0.15) is 0 Å². The van der Waals surface area contributed by atoms with E-state index in [4.69, 9.17) is 0 Å². The Morgan fingerprint density at radius 3 is 2.40 bits per heavy atom. The van der Waals surface area contributed by atoms with E-state index in [1.54, 1.807) is 0 Å². The van der Waals surface area contributed by atoms with Crippen LogP contribution in [0.5, 0.6) is 0 Å². The van der Waals surface area contributed by atoms with Crippen LogP contribution in [-0.4, -0.2) is 31.1 Å². The van der Waals surface area contributed by atoms with Crippen molar-refractivity contribution >= 4 is 27.5 Å². The molecule has 112 valence electrons. The first kappa shape index (κ1) is 17.0. The largest absolute Gasteiger partial charge is 0.376 e. The summed E-state index contributed by atoms with van der Waals surface area (Å²) in [5.74, 6) is 0.0173. The van der Waals surface area contributed by atoms with Crippen molar-refractivity contribution in [2.75, 3.05) is 25.0 Å². The van der Waals surface area contributed by atoms with Crippen LogP contribution in [0.1, 0.15) is 27.2 Å². The highest BCUT2D eigenvalue weighted by Gasteiger charge is 2.07. The minimum absolute atomic E-state index is 0.0173. The predicted molar refractivity (Wildman–Crippen MR) is 88.0 cm³/mol. The van der Waals surface area contributed by atoms with E-state index < -0.39 is 0 Å². The molecule has 3 N–H and O–H groups in total. The fourth-order valence-corrected chi connectivity index (χ4v) is 1.86. The lowest BCUT2D eigenvalue weighted by molar-refractivity contribution is -0.119.